The van der Waals surface area contributed by atoms with Gasteiger partial charge in [0.25, 0.3) is 0 Å². The summed E-state index contributed by atoms with van der Waals surface area (Å²) in [5.74, 6) is -0.626. The van der Waals surface area contributed by atoms with Crippen LogP contribution < -0.4 is 0 Å². The molecule has 1 N–H and O–H groups in total. The third-order valence-electron chi connectivity index (χ3n) is 3.43. The average Bonchev–Trinajstić information content (AvgIpc) is 2.43. The quantitative estimate of drug-likeness (QED) is 0.927. The molecule has 0 heterocycles. The van der Waals surface area contributed by atoms with Gasteiger partial charge in [-0.2, -0.15) is 0 Å². The van der Waals surface area contributed by atoms with E-state index in [1.54, 1.807) is 0 Å². The van der Waals surface area contributed by atoms with Crippen molar-refractivity contribution in [3.63, 3.8) is 0 Å². The van der Waals surface area contributed by atoms with E-state index in [9.17, 15) is 4.79 Å². The Morgan fingerprint density at radius 3 is 2.11 bits per heavy atom. The first-order chi connectivity index (χ1) is 9.25. The van der Waals surface area contributed by atoms with E-state index in [0.29, 0.717) is 0 Å². The van der Waals surface area contributed by atoms with Gasteiger partial charge in [-0.05, 0) is 28.7 Å². The molecule has 0 saturated carbocycles. The molecule has 0 amide bonds. The molecule has 1 aliphatic rings. The summed E-state index contributed by atoms with van der Waals surface area (Å²) in [6.07, 6.45) is 0.941. The summed E-state index contributed by atoms with van der Waals surface area (Å²) in [7, 11) is 0. The number of thioether (sulfide) groups is 1. The second-order valence-electron chi connectivity index (χ2n) is 4.66. The highest BCUT2D eigenvalue weighted by atomic mass is 32.2. The van der Waals surface area contributed by atoms with E-state index >= 15 is 0 Å². The van der Waals surface area contributed by atoms with E-state index in [1.807, 2.05) is 24.3 Å². The highest BCUT2D eigenvalue weighted by molar-refractivity contribution is 8.00. The average molecular weight is 270 g/mol. The summed E-state index contributed by atoms with van der Waals surface area (Å²) in [6.45, 7) is 0. The largest absolute Gasteiger partial charge is 0.481 e. The van der Waals surface area contributed by atoms with Crippen LogP contribution in [0.4, 0.5) is 0 Å². The molecule has 0 spiro atoms. The Labute approximate surface area is 116 Å². The molecule has 0 saturated heterocycles. The van der Waals surface area contributed by atoms with Crippen LogP contribution in [0.3, 0.4) is 0 Å². The predicted molar refractivity (Wildman–Crippen MR) is 77.6 cm³/mol. The Bertz CT molecular complexity index is 576. The van der Waals surface area contributed by atoms with Gasteiger partial charge in [0.15, 0.2) is 0 Å². The Kier molecular flexibility index (Phi) is 3.30. The first-order valence-electron chi connectivity index (χ1n) is 6.24. The molecule has 0 fully saturated rings. The van der Waals surface area contributed by atoms with Gasteiger partial charge in [-0.25, -0.2) is 0 Å². The molecule has 0 aromatic heterocycles. The van der Waals surface area contributed by atoms with E-state index in [1.165, 1.54) is 34.0 Å². The fourth-order valence-corrected chi connectivity index (χ4v) is 3.74. The molecule has 3 rings (SSSR count). The van der Waals surface area contributed by atoms with E-state index in [4.69, 9.17) is 5.11 Å². The Balaban J connectivity index is 2.03. The van der Waals surface area contributed by atoms with Crippen LogP contribution in [-0.2, 0) is 11.2 Å². The maximum atomic E-state index is 10.8. The van der Waals surface area contributed by atoms with Gasteiger partial charge >= 0.3 is 5.97 Å². The van der Waals surface area contributed by atoms with Crippen LogP contribution >= 0.6 is 11.8 Å². The fourth-order valence-electron chi connectivity index (χ4n) is 2.61. The SMILES string of the molecule is O=C(O)CSC1c2ccccc2Cc2ccccc21. The van der Waals surface area contributed by atoms with Crippen LogP contribution in [0.5, 0.6) is 0 Å². The third kappa shape index (κ3) is 2.38. The third-order valence-corrected chi connectivity index (χ3v) is 4.68. The molecular weight excluding hydrogens is 256 g/mol. The molecule has 1 aliphatic carbocycles. The molecule has 0 bridgehead atoms. The zero-order valence-electron chi connectivity index (χ0n) is 10.4. The zero-order chi connectivity index (χ0) is 13.2. The van der Waals surface area contributed by atoms with Crippen molar-refractivity contribution in [3.8, 4) is 0 Å². The maximum absolute atomic E-state index is 10.8. The fraction of sp³-hybridized carbons (Fsp3) is 0.188. The summed E-state index contributed by atoms with van der Waals surface area (Å²) in [5, 5.41) is 9.06. The molecule has 3 heteroatoms. The monoisotopic (exact) mass is 270 g/mol. The van der Waals surface area contributed by atoms with Crippen molar-refractivity contribution in [2.75, 3.05) is 5.75 Å². The van der Waals surface area contributed by atoms with Gasteiger partial charge in [0.2, 0.25) is 0 Å². The van der Waals surface area contributed by atoms with Crippen LogP contribution in [0.15, 0.2) is 48.5 Å². The van der Waals surface area contributed by atoms with Gasteiger partial charge in [0, 0.05) is 0 Å². The summed E-state index contributed by atoms with van der Waals surface area (Å²) < 4.78 is 0. The molecule has 0 atom stereocenters. The number of carboxylic acids is 1. The molecule has 96 valence electrons. The normalized spacial score (nSPS) is 13.7. The molecular formula is C16H14O2S. The standard InChI is InChI=1S/C16H14O2S/c17-15(18)10-19-16-13-7-3-1-5-11(13)9-12-6-2-4-8-14(12)16/h1-8,16H,9-10H2,(H,17,18). The first kappa shape index (κ1) is 12.3. The van der Waals surface area contributed by atoms with E-state index in [2.05, 4.69) is 24.3 Å². The lowest BCUT2D eigenvalue weighted by molar-refractivity contribution is -0.133. The minimum absolute atomic E-state index is 0.132. The molecule has 2 nitrogen and oxygen atoms in total. The van der Waals surface area contributed by atoms with Gasteiger partial charge in [-0.3, -0.25) is 4.79 Å². The number of rotatable bonds is 3. The molecule has 19 heavy (non-hydrogen) atoms. The maximum Gasteiger partial charge on any atom is 0.313 e. The van der Waals surface area contributed by atoms with Crippen molar-refractivity contribution in [1.82, 2.24) is 0 Å². The molecule has 2 aromatic rings. The highest BCUT2D eigenvalue weighted by Crippen LogP contribution is 2.43. The first-order valence-corrected chi connectivity index (χ1v) is 7.29. The number of hydrogen-bond acceptors (Lipinski definition) is 2. The van der Waals surface area contributed by atoms with E-state index < -0.39 is 5.97 Å². The predicted octanol–water partition coefficient (Wildman–Crippen LogP) is 3.50. The summed E-state index contributed by atoms with van der Waals surface area (Å²) >= 11 is 1.49. The van der Waals surface area contributed by atoms with E-state index in [-0.39, 0.29) is 11.0 Å². The lowest BCUT2D eigenvalue weighted by atomic mass is 9.86. The van der Waals surface area contributed by atoms with Gasteiger partial charge in [-0.1, -0.05) is 48.5 Å². The Morgan fingerprint density at radius 2 is 1.58 bits per heavy atom. The van der Waals surface area contributed by atoms with E-state index in [0.717, 1.165) is 6.42 Å². The molecule has 2 aromatic carbocycles. The number of hydrogen-bond donors (Lipinski definition) is 1. The zero-order valence-corrected chi connectivity index (χ0v) is 11.2. The van der Waals surface area contributed by atoms with Crippen LogP contribution in [0, 0.1) is 0 Å². The Morgan fingerprint density at radius 1 is 1.05 bits per heavy atom. The van der Waals surface area contributed by atoms with Crippen molar-refractivity contribution < 1.29 is 9.90 Å². The van der Waals surface area contributed by atoms with Crippen LogP contribution in [0.25, 0.3) is 0 Å². The van der Waals surface area contributed by atoms with Crippen molar-refractivity contribution >= 4 is 17.7 Å². The highest BCUT2D eigenvalue weighted by Gasteiger charge is 2.25. The van der Waals surface area contributed by atoms with Crippen LogP contribution in [0.2, 0.25) is 0 Å². The Hall–Kier alpha value is -1.74. The number of fused-ring (bicyclic) bond motifs is 2. The summed E-state index contributed by atoms with van der Waals surface area (Å²) in [5.41, 5.74) is 5.13. The van der Waals surface area contributed by atoms with Crippen molar-refractivity contribution in [2.45, 2.75) is 11.7 Å². The minimum atomic E-state index is -0.759. The van der Waals surface area contributed by atoms with Gasteiger partial charge in [-0.15, -0.1) is 11.8 Å². The summed E-state index contributed by atoms with van der Waals surface area (Å²) in [6, 6.07) is 16.7. The van der Waals surface area contributed by atoms with Gasteiger partial charge in [0.1, 0.15) is 0 Å². The number of aliphatic carboxylic acids is 1. The number of carbonyl (C=O) groups is 1. The lowest BCUT2D eigenvalue weighted by Gasteiger charge is -2.27. The second kappa shape index (κ2) is 5.10. The van der Waals surface area contributed by atoms with Gasteiger partial charge in [0.05, 0.1) is 11.0 Å². The smallest absolute Gasteiger partial charge is 0.313 e. The van der Waals surface area contributed by atoms with Crippen LogP contribution in [0.1, 0.15) is 27.5 Å². The minimum Gasteiger partial charge on any atom is -0.481 e. The molecule has 0 unspecified atom stereocenters. The summed E-state index contributed by atoms with van der Waals surface area (Å²) in [4.78, 5) is 10.8. The lowest BCUT2D eigenvalue weighted by Crippen LogP contribution is -2.13. The van der Waals surface area contributed by atoms with Crippen molar-refractivity contribution in [2.24, 2.45) is 0 Å². The number of carboxylic acid groups (broad SMARTS) is 1. The van der Waals surface area contributed by atoms with Crippen molar-refractivity contribution in [1.29, 1.82) is 0 Å². The molecule has 0 radical (unpaired) electrons. The molecule has 0 aliphatic heterocycles. The van der Waals surface area contributed by atoms with Gasteiger partial charge < -0.3 is 5.11 Å². The van der Waals surface area contributed by atoms with Crippen molar-refractivity contribution in [3.05, 3.63) is 70.8 Å². The number of benzene rings is 2. The second-order valence-corrected chi connectivity index (χ2v) is 5.75. The topological polar surface area (TPSA) is 37.3 Å². The van der Waals surface area contributed by atoms with Crippen LogP contribution in [-0.4, -0.2) is 16.8 Å².